The fraction of sp³-hybridized carbons (Fsp3) is 0.0526. The lowest BCUT2D eigenvalue weighted by Crippen LogP contribution is -2.39. The van der Waals surface area contributed by atoms with Crippen molar-refractivity contribution in [3.63, 3.8) is 0 Å². The second-order valence-electron chi connectivity index (χ2n) is 11.1. The summed E-state index contributed by atoms with van der Waals surface area (Å²) in [5.41, 5.74) is 6.03. The first-order chi connectivity index (χ1) is 25.3. The fourth-order valence-corrected chi connectivity index (χ4v) is 4.91. The number of carboxylic acids is 2. The highest BCUT2D eigenvalue weighted by molar-refractivity contribution is 5.84. The van der Waals surface area contributed by atoms with Crippen LogP contribution >= 0.6 is 0 Å². The minimum absolute atomic E-state index is 0. The van der Waals surface area contributed by atoms with E-state index in [0.29, 0.717) is 0 Å². The van der Waals surface area contributed by atoms with Crippen molar-refractivity contribution in [1.82, 2.24) is 39.0 Å². The second kappa shape index (κ2) is 17.1. The molecule has 4 aromatic heterocycles. The minimum atomic E-state index is -2.27. The lowest BCUT2D eigenvalue weighted by molar-refractivity contribution is -0.165. The quantitative estimate of drug-likeness (QED) is 0.183. The van der Waals surface area contributed by atoms with Crippen LogP contribution in [0.2, 0.25) is 0 Å². The van der Waals surface area contributed by atoms with E-state index in [4.69, 9.17) is 20.4 Å². The Hall–Kier alpha value is -7.20. The van der Waals surface area contributed by atoms with Crippen LogP contribution in [-0.2, 0) is 9.59 Å². The van der Waals surface area contributed by atoms with E-state index in [1.165, 1.54) is 0 Å². The van der Waals surface area contributed by atoms with Crippen molar-refractivity contribution in [1.29, 1.82) is 0 Å². The zero-order chi connectivity index (χ0) is 36.5. The molecule has 15 heteroatoms. The number of benzene rings is 4. The first kappa shape index (κ1) is 37.1. The summed E-state index contributed by atoms with van der Waals surface area (Å²) in [5.74, 6) is -2.04. The number of hydrogen-bond acceptors (Lipinski definition) is 10. The van der Waals surface area contributed by atoms with Gasteiger partial charge in [-0.1, -0.05) is 60.7 Å². The molecule has 6 N–H and O–H groups in total. The number of fused-ring (bicyclic) bond motifs is 2. The molecular formula is C38H32N8O7. The maximum atomic E-state index is 9.77. The van der Waals surface area contributed by atoms with Crippen molar-refractivity contribution in [3.8, 4) is 34.2 Å². The standard InChI is InChI=1S/2C17H12N4.C4H6O6.H2O/c2*1-2-4-13(5-3-1)17-19-11-14-10-15(6-7-16(14)20-17)21-9-8-18-12-21;5-1(3(7)8)2(6)4(9)10;/h2*1-12H;1-2,5-6H,(H,7,8)(H,9,10);1H2. The number of imidazole rings is 2. The van der Waals surface area contributed by atoms with Crippen LogP contribution in [-0.4, -0.2) is 89.1 Å². The highest BCUT2D eigenvalue weighted by Gasteiger charge is 2.29. The Kier molecular flexibility index (Phi) is 12.0. The normalized spacial score (nSPS) is 11.6. The van der Waals surface area contributed by atoms with Crippen molar-refractivity contribution in [2.24, 2.45) is 0 Å². The fourth-order valence-electron chi connectivity index (χ4n) is 4.91. The van der Waals surface area contributed by atoms with Gasteiger partial charge in [-0.25, -0.2) is 39.5 Å². The monoisotopic (exact) mass is 712 g/mol. The van der Waals surface area contributed by atoms with Gasteiger partial charge >= 0.3 is 11.9 Å². The molecule has 4 heterocycles. The molecule has 0 spiro atoms. The lowest BCUT2D eigenvalue weighted by atomic mass is 10.2. The van der Waals surface area contributed by atoms with Gasteiger partial charge in [-0.2, -0.15) is 0 Å². The SMILES string of the molecule is O.O=C(O)C(O)C(O)C(=O)O.c1ccc(-c2ncc3cc(-n4ccnc4)ccc3n2)cc1.c1ccc(-c2ncc3cc(-n4ccnc4)ccc3n2)cc1. The molecule has 8 aromatic rings. The van der Waals surface area contributed by atoms with E-state index in [9.17, 15) is 9.59 Å². The summed E-state index contributed by atoms with van der Waals surface area (Å²) in [6.07, 6.45) is 10.1. The molecule has 0 bridgehead atoms. The van der Waals surface area contributed by atoms with Gasteiger partial charge in [-0.05, 0) is 36.4 Å². The number of carbonyl (C=O) groups is 2. The van der Waals surface area contributed by atoms with Gasteiger partial charge in [-0.15, -0.1) is 0 Å². The topological polar surface area (TPSA) is 234 Å². The molecule has 0 aliphatic carbocycles. The molecule has 0 radical (unpaired) electrons. The number of aliphatic hydroxyl groups excluding tert-OH is 2. The molecule has 0 saturated carbocycles. The number of hydrogen-bond donors (Lipinski definition) is 4. The van der Waals surface area contributed by atoms with Gasteiger partial charge in [0.25, 0.3) is 0 Å². The minimum Gasteiger partial charge on any atom is -0.479 e. The molecule has 8 rings (SSSR count). The Morgan fingerprint density at radius 3 is 1.30 bits per heavy atom. The van der Waals surface area contributed by atoms with Crippen molar-refractivity contribution in [2.45, 2.75) is 12.2 Å². The smallest absolute Gasteiger partial charge is 0.335 e. The highest BCUT2D eigenvalue weighted by Crippen LogP contribution is 2.22. The van der Waals surface area contributed by atoms with Crippen LogP contribution in [0.5, 0.6) is 0 Å². The lowest BCUT2D eigenvalue weighted by Gasteiger charge is -2.07. The van der Waals surface area contributed by atoms with Crippen LogP contribution in [0, 0.1) is 0 Å². The number of aliphatic carboxylic acids is 2. The molecule has 0 amide bonds. The Morgan fingerprint density at radius 2 is 0.962 bits per heavy atom. The molecule has 2 atom stereocenters. The summed E-state index contributed by atoms with van der Waals surface area (Å²) in [5, 5.41) is 34.6. The molecule has 0 saturated heterocycles. The van der Waals surface area contributed by atoms with E-state index in [2.05, 4.69) is 42.0 Å². The van der Waals surface area contributed by atoms with E-state index >= 15 is 0 Å². The van der Waals surface area contributed by atoms with E-state index in [1.807, 2.05) is 119 Å². The maximum absolute atomic E-state index is 9.77. The van der Waals surface area contributed by atoms with Gasteiger partial charge in [0, 0.05) is 70.5 Å². The Morgan fingerprint density at radius 1 is 0.566 bits per heavy atom. The third-order valence-electron chi connectivity index (χ3n) is 7.60. The van der Waals surface area contributed by atoms with Crippen LogP contribution in [0.1, 0.15) is 0 Å². The number of carboxylic acid groups (broad SMARTS) is 2. The summed E-state index contributed by atoms with van der Waals surface area (Å²) >= 11 is 0. The van der Waals surface area contributed by atoms with Gasteiger partial charge < -0.3 is 35.0 Å². The summed E-state index contributed by atoms with van der Waals surface area (Å²) in [4.78, 5) is 45.9. The van der Waals surface area contributed by atoms with Crippen molar-refractivity contribution in [2.75, 3.05) is 0 Å². The van der Waals surface area contributed by atoms with Crippen LogP contribution in [0.25, 0.3) is 56.0 Å². The van der Waals surface area contributed by atoms with Crippen molar-refractivity contribution in [3.05, 3.63) is 147 Å². The van der Waals surface area contributed by atoms with E-state index < -0.39 is 24.1 Å². The number of aliphatic hydroxyl groups is 2. The molecular weight excluding hydrogens is 680 g/mol. The van der Waals surface area contributed by atoms with Gasteiger partial charge in [0.05, 0.1) is 23.7 Å². The zero-order valence-electron chi connectivity index (χ0n) is 27.7. The maximum Gasteiger partial charge on any atom is 0.335 e. The summed E-state index contributed by atoms with van der Waals surface area (Å²) in [6.45, 7) is 0. The Labute approximate surface area is 301 Å². The predicted molar refractivity (Wildman–Crippen MR) is 195 cm³/mol. The highest BCUT2D eigenvalue weighted by atomic mass is 16.4. The number of rotatable bonds is 7. The van der Waals surface area contributed by atoms with E-state index in [1.54, 1.807) is 25.0 Å². The van der Waals surface area contributed by atoms with Gasteiger partial charge in [-0.3, -0.25) is 0 Å². The van der Waals surface area contributed by atoms with Gasteiger partial charge in [0.1, 0.15) is 0 Å². The van der Waals surface area contributed by atoms with E-state index in [0.717, 1.165) is 56.0 Å². The summed E-state index contributed by atoms with van der Waals surface area (Å²) in [6, 6.07) is 32.2. The second-order valence-corrected chi connectivity index (χ2v) is 11.1. The molecule has 53 heavy (non-hydrogen) atoms. The molecule has 0 aliphatic rings. The molecule has 2 unspecified atom stereocenters. The Balaban J connectivity index is 0.000000162. The van der Waals surface area contributed by atoms with Crippen LogP contribution in [0.4, 0.5) is 0 Å². The van der Waals surface area contributed by atoms with Gasteiger partial charge in [0.15, 0.2) is 23.9 Å². The van der Waals surface area contributed by atoms with Crippen LogP contribution in [0.3, 0.4) is 0 Å². The van der Waals surface area contributed by atoms with Crippen LogP contribution < -0.4 is 0 Å². The molecule has 4 aromatic carbocycles. The third kappa shape index (κ3) is 9.13. The number of nitrogens with zero attached hydrogens (tertiary/aromatic N) is 8. The van der Waals surface area contributed by atoms with Crippen LogP contribution in [0.15, 0.2) is 147 Å². The average Bonchev–Trinajstić information content (AvgIpc) is 3.94. The first-order valence-electron chi connectivity index (χ1n) is 15.7. The molecule has 0 fully saturated rings. The average molecular weight is 713 g/mol. The zero-order valence-corrected chi connectivity index (χ0v) is 27.7. The first-order valence-corrected chi connectivity index (χ1v) is 15.7. The third-order valence-corrected chi connectivity index (χ3v) is 7.60. The van der Waals surface area contributed by atoms with Crippen molar-refractivity contribution >= 4 is 33.7 Å². The predicted octanol–water partition coefficient (Wildman–Crippen LogP) is 4.02. The number of aromatic nitrogens is 8. The Bertz CT molecular complexity index is 2240. The summed E-state index contributed by atoms with van der Waals surface area (Å²) < 4.78 is 3.93. The molecule has 266 valence electrons. The molecule has 0 aliphatic heterocycles. The molecule has 15 nitrogen and oxygen atoms in total. The van der Waals surface area contributed by atoms with E-state index in [-0.39, 0.29) is 5.48 Å². The largest absolute Gasteiger partial charge is 0.479 e. The van der Waals surface area contributed by atoms with Gasteiger partial charge in [0.2, 0.25) is 0 Å². The summed E-state index contributed by atoms with van der Waals surface area (Å²) in [7, 11) is 0. The van der Waals surface area contributed by atoms with Crippen molar-refractivity contribution < 1.29 is 35.5 Å².